The first-order valence-electron chi connectivity index (χ1n) is 9.26. The lowest BCUT2D eigenvalue weighted by Crippen LogP contribution is -2.32. The van der Waals surface area contributed by atoms with E-state index in [9.17, 15) is 9.59 Å². The molecule has 1 aliphatic rings. The van der Waals surface area contributed by atoms with Crippen LogP contribution in [0.25, 0.3) is 5.57 Å². The van der Waals surface area contributed by atoms with Gasteiger partial charge < -0.3 is 14.8 Å². The first-order chi connectivity index (χ1) is 14.5. The van der Waals surface area contributed by atoms with Crippen LogP contribution in [-0.2, 0) is 9.59 Å². The number of nitrogens with zero attached hydrogens (tertiary/aromatic N) is 1. The molecule has 0 aliphatic carbocycles. The zero-order valence-corrected chi connectivity index (χ0v) is 17.6. The van der Waals surface area contributed by atoms with E-state index in [1.54, 1.807) is 18.2 Å². The Bertz CT molecular complexity index is 1130. The average Bonchev–Trinajstić information content (AvgIpc) is 3.36. The molecule has 152 valence electrons. The van der Waals surface area contributed by atoms with Crippen molar-refractivity contribution in [2.45, 2.75) is 6.92 Å². The number of carbonyl (C=O) groups is 2. The molecule has 2 heterocycles. The maximum Gasteiger partial charge on any atom is 0.282 e. The fourth-order valence-corrected chi connectivity index (χ4v) is 4.03. The lowest BCUT2D eigenvalue weighted by Gasteiger charge is -2.19. The molecule has 0 bridgehead atoms. The smallest absolute Gasteiger partial charge is 0.282 e. The Morgan fingerprint density at radius 1 is 0.933 bits per heavy atom. The summed E-state index contributed by atoms with van der Waals surface area (Å²) in [6.07, 6.45) is 0. The number of methoxy groups -OCH3 is 2. The van der Waals surface area contributed by atoms with E-state index in [1.165, 1.54) is 25.6 Å². The first kappa shape index (κ1) is 19.7. The summed E-state index contributed by atoms with van der Waals surface area (Å²) in [5.74, 6) is 0.0581. The van der Waals surface area contributed by atoms with E-state index in [0.29, 0.717) is 27.6 Å². The average molecular weight is 420 g/mol. The van der Waals surface area contributed by atoms with Gasteiger partial charge in [0.25, 0.3) is 11.8 Å². The molecule has 3 aromatic rings. The van der Waals surface area contributed by atoms with E-state index in [2.05, 4.69) is 5.32 Å². The second-order valence-electron chi connectivity index (χ2n) is 6.70. The molecule has 2 amide bonds. The molecular weight excluding hydrogens is 400 g/mol. The number of ether oxygens (including phenoxy) is 2. The van der Waals surface area contributed by atoms with Gasteiger partial charge in [0.1, 0.15) is 17.2 Å². The van der Waals surface area contributed by atoms with Crippen LogP contribution in [0.1, 0.15) is 10.4 Å². The second-order valence-corrected chi connectivity index (χ2v) is 7.65. The van der Waals surface area contributed by atoms with Crippen molar-refractivity contribution in [3.63, 3.8) is 0 Å². The van der Waals surface area contributed by atoms with Gasteiger partial charge in [-0.25, -0.2) is 4.90 Å². The molecule has 0 unspecified atom stereocenters. The van der Waals surface area contributed by atoms with Crippen molar-refractivity contribution in [2.24, 2.45) is 0 Å². The summed E-state index contributed by atoms with van der Waals surface area (Å²) in [5, 5.41) is 5.03. The number of rotatable bonds is 6. The molecule has 1 aliphatic heterocycles. The molecule has 4 rings (SSSR count). The molecule has 0 spiro atoms. The van der Waals surface area contributed by atoms with Gasteiger partial charge in [0, 0.05) is 16.6 Å². The molecule has 30 heavy (non-hydrogen) atoms. The maximum atomic E-state index is 13.5. The van der Waals surface area contributed by atoms with Gasteiger partial charge in [0.05, 0.1) is 25.5 Å². The van der Waals surface area contributed by atoms with Gasteiger partial charge in [-0.3, -0.25) is 9.59 Å². The topological polar surface area (TPSA) is 67.9 Å². The quantitative estimate of drug-likeness (QED) is 0.596. The Labute approximate surface area is 178 Å². The summed E-state index contributed by atoms with van der Waals surface area (Å²) in [5.41, 5.74) is 2.73. The third-order valence-electron chi connectivity index (χ3n) is 4.80. The molecule has 1 aromatic heterocycles. The van der Waals surface area contributed by atoms with Crippen LogP contribution in [-0.4, -0.2) is 26.0 Å². The van der Waals surface area contributed by atoms with E-state index in [4.69, 9.17) is 9.47 Å². The highest BCUT2D eigenvalue weighted by atomic mass is 32.1. The summed E-state index contributed by atoms with van der Waals surface area (Å²) in [7, 11) is 3.02. The van der Waals surface area contributed by atoms with Crippen molar-refractivity contribution >= 4 is 40.1 Å². The van der Waals surface area contributed by atoms with Crippen LogP contribution < -0.4 is 19.7 Å². The fraction of sp³-hybridized carbons (Fsp3) is 0.130. The Kier molecular flexibility index (Phi) is 5.29. The third-order valence-corrected chi connectivity index (χ3v) is 5.69. The van der Waals surface area contributed by atoms with Crippen LogP contribution in [0.3, 0.4) is 0 Å². The highest BCUT2D eigenvalue weighted by Gasteiger charge is 2.42. The van der Waals surface area contributed by atoms with E-state index in [-0.39, 0.29) is 5.70 Å². The van der Waals surface area contributed by atoms with Gasteiger partial charge in [-0.15, -0.1) is 11.3 Å². The molecule has 0 saturated carbocycles. The highest BCUT2D eigenvalue weighted by molar-refractivity contribution is 7.11. The van der Waals surface area contributed by atoms with Crippen molar-refractivity contribution in [1.82, 2.24) is 0 Å². The minimum Gasteiger partial charge on any atom is -0.497 e. The molecule has 0 radical (unpaired) electrons. The Morgan fingerprint density at radius 2 is 1.70 bits per heavy atom. The number of anilines is 2. The zero-order chi connectivity index (χ0) is 21.3. The minimum atomic E-state index is -0.449. The molecular formula is C23H20N2O4S. The molecule has 1 N–H and O–H groups in total. The van der Waals surface area contributed by atoms with Crippen LogP contribution in [0.5, 0.6) is 11.5 Å². The van der Waals surface area contributed by atoms with Gasteiger partial charge in [-0.2, -0.15) is 0 Å². The summed E-state index contributed by atoms with van der Waals surface area (Å²) < 4.78 is 10.7. The molecule has 0 fully saturated rings. The van der Waals surface area contributed by atoms with E-state index in [0.717, 1.165) is 16.2 Å². The first-order valence-corrected chi connectivity index (χ1v) is 10.1. The standard InChI is InChI=1S/C23H20N2O4S/c1-14-6-8-15(9-7-14)24-21-20(19-5-4-12-30-19)22(26)25(23(21)27)17-13-16(28-2)10-11-18(17)29-3/h4-13,24H,1-3H3. The van der Waals surface area contributed by atoms with Crippen LogP contribution >= 0.6 is 11.3 Å². The molecule has 2 aromatic carbocycles. The lowest BCUT2D eigenvalue weighted by atomic mass is 10.1. The minimum absolute atomic E-state index is 0.233. The van der Waals surface area contributed by atoms with Crippen LogP contribution in [0, 0.1) is 6.92 Å². The van der Waals surface area contributed by atoms with E-state index >= 15 is 0 Å². The summed E-state index contributed by atoms with van der Waals surface area (Å²) >= 11 is 1.40. The van der Waals surface area contributed by atoms with Crippen LogP contribution in [0.15, 0.2) is 65.7 Å². The van der Waals surface area contributed by atoms with Crippen molar-refractivity contribution in [3.8, 4) is 11.5 Å². The lowest BCUT2D eigenvalue weighted by molar-refractivity contribution is -0.120. The van der Waals surface area contributed by atoms with Gasteiger partial charge >= 0.3 is 0 Å². The second kappa shape index (κ2) is 8.04. The largest absolute Gasteiger partial charge is 0.497 e. The van der Waals surface area contributed by atoms with Crippen LogP contribution in [0.2, 0.25) is 0 Å². The SMILES string of the molecule is COc1ccc(OC)c(N2C(=O)C(Nc3ccc(C)cc3)=C(c3cccs3)C2=O)c1. The van der Waals surface area contributed by atoms with Crippen molar-refractivity contribution in [3.05, 3.63) is 76.1 Å². The van der Waals surface area contributed by atoms with Crippen LogP contribution in [0.4, 0.5) is 11.4 Å². The zero-order valence-electron chi connectivity index (χ0n) is 16.8. The van der Waals surface area contributed by atoms with Gasteiger partial charge in [0.2, 0.25) is 0 Å². The third kappa shape index (κ3) is 3.44. The number of hydrogen-bond acceptors (Lipinski definition) is 6. The number of thiophene rings is 1. The Balaban J connectivity index is 1.82. The Hall–Kier alpha value is -3.58. The normalized spacial score (nSPS) is 13.8. The molecule has 0 atom stereocenters. The maximum absolute atomic E-state index is 13.5. The van der Waals surface area contributed by atoms with Crippen molar-refractivity contribution in [2.75, 3.05) is 24.4 Å². The molecule has 6 nitrogen and oxygen atoms in total. The fourth-order valence-electron chi connectivity index (χ4n) is 3.27. The van der Waals surface area contributed by atoms with Gasteiger partial charge in [-0.1, -0.05) is 23.8 Å². The monoisotopic (exact) mass is 420 g/mol. The van der Waals surface area contributed by atoms with Gasteiger partial charge in [0.15, 0.2) is 0 Å². The van der Waals surface area contributed by atoms with E-state index in [1.807, 2.05) is 48.7 Å². The number of aryl methyl sites for hydroxylation is 1. The van der Waals surface area contributed by atoms with E-state index < -0.39 is 11.8 Å². The summed E-state index contributed by atoms with van der Waals surface area (Å²) in [4.78, 5) is 28.8. The molecule has 0 saturated heterocycles. The number of hydrogen-bond donors (Lipinski definition) is 1. The number of carbonyl (C=O) groups excluding carboxylic acids is 2. The number of nitrogens with one attached hydrogen (secondary N) is 1. The van der Waals surface area contributed by atoms with Gasteiger partial charge in [-0.05, 0) is 42.6 Å². The van der Waals surface area contributed by atoms with Crippen molar-refractivity contribution in [1.29, 1.82) is 0 Å². The summed E-state index contributed by atoms with van der Waals surface area (Å²) in [6.45, 7) is 1.99. The molecule has 7 heteroatoms. The number of benzene rings is 2. The number of amides is 2. The summed E-state index contributed by atoms with van der Waals surface area (Å²) in [6, 6.07) is 16.3. The highest BCUT2D eigenvalue weighted by Crippen LogP contribution is 2.40. The van der Waals surface area contributed by atoms with Crippen molar-refractivity contribution < 1.29 is 19.1 Å². The number of imide groups is 1. The Morgan fingerprint density at radius 3 is 2.33 bits per heavy atom. The predicted octanol–water partition coefficient (Wildman–Crippen LogP) is 4.47. The predicted molar refractivity (Wildman–Crippen MR) is 118 cm³/mol.